The lowest BCUT2D eigenvalue weighted by molar-refractivity contribution is -0.122. The van der Waals surface area contributed by atoms with Gasteiger partial charge in [-0.15, -0.1) is 0 Å². The van der Waals surface area contributed by atoms with E-state index in [0.29, 0.717) is 42.6 Å². The van der Waals surface area contributed by atoms with Gasteiger partial charge in [-0.1, -0.05) is 12.1 Å². The number of nitrogens with one attached hydrogen (secondary N) is 1. The molecule has 2 N–H and O–H groups in total. The lowest BCUT2D eigenvalue weighted by Crippen LogP contribution is -2.38. The van der Waals surface area contributed by atoms with E-state index in [1.165, 1.54) is 16.7 Å². The van der Waals surface area contributed by atoms with Gasteiger partial charge in [0.2, 0.25) is 5.91 Å². The fourth-order valence-electron chi connectivity index (χ4n) is 3.94. The molecule has 158 valence electrons. The normalized spacial score (nSPS) is 16.0. The Labute approximate surface area is 172 Å². The fraction of sp³-hybridized carbons (Fsp3) is 0.364. The number of aliphatic hydroxyl groups excluding tert-OH is 1. The van der Waals surface area contributed by atoms with E-state index in [1.807, 2.05) is 0 Å². The molecule has 1 aromatic heterocycles. The van der Waals surface area contributed by atoms with Gasteiger partial charge >= 0.3 is 5.76 Å². The van der Waals surface area contributed by atoms with E-state index in [4.69, 9.17) is 4.42 Å². The first kappa shape index (κ1) is 20.2. The van der Waals surface area contributed by atoms with E-state index in [0.717, 1.165) is 5.69 Å². The molecule has 1 aliphatic rings. The second-order valence-corrected chi connectivity index (χ2v) is 7.63. The number of hydrogen-bond donors (Lipinski definition) is 2. The minimum absolute atomic E-state index is 0.194. The van der Waals surface area contributed by atoms with Crippen molar-refractivity contribution in [1.82, 2.24) is 9.88 Å². The number of anilines is 1. The van der Waals surface area contributed by atoms with Gasteiger partial charge in [-0.3, -0.25) is 9.36 Å². The summed E-state index contributed by atoms with van der Waals surface area (Å²) in [6, 6.07) is 11.0. The van der Waals surface area contributed by atoms with E-state index < -0.39 is 11.8 Å². The van der Waals surface area contributed by atoms with Gasteiger partial charge in [0.25, 0.3) is 0 Å². The number of oxazole rings is 1. The van der Waals surface area contributed by atoms with Crippen LogP contribution in [0.2, 0.25) is 0 Å². The maximum absolute atomic E-state index is 14.0. The van der Waals surface area contributed by atoms with Gasteiger partial charge in [0.05, 0.1) is 17.7 Å². The molecule has 0 aliphatic carbocycles. The maximum Gasteiger partial charge on any atom is 0.420 e. The van der Waals surface area contributed by atoms with Gasteiger partial charge in [0, 0.05) is 24.3 Å². The molecule has 2 aromatic carbocycles. The summed E-state index contributed by atoms with van der Waals surface area (Å²) in [4.78, 5) is 26.8. The van der Waals surface area contributed by atoms with Crippen molar-refractivity contribution in [3.05, 3.63) is 64.4 Å². The van der Waals surface area contributed by atoms with Crippen molar-refractivity contribution in [2.75, 3.05) is 18.0 Å². The standard InChI is InChI=1S/C22H24FN3O4/c1-14(17-12-15(23)6-7-18(17)25-10-8-16(27)9-11-25)24-21(28)13-26-19-4-2-3-5-20(19)30-22(26)29/h2-7,12,14,16,27H,8-11,13H2,1H3,(H,24,28). The summed E-state index contributed by atoms with van der Waals surface area (Å²) in [7, 11) is 0. The number of aliphatic hydroxyl groups is 1. The molecule has 0 spiro atoms. The Hall–Kier alpha value is -3.13. The fourth-order valence-corrected chi connectivity index (χ4v) is 3.94. The van der Waals surface area contributed by atoms with Crippen molar-refractivity contribution >= 4 is 22.7 Å². The Balaban J connectivity index is 1.52. The summed E-state index contributed by atoms with van der Waals surface area (Å²) in [5.41, 5.74) is 2.46. The zero-order chi connectivity index (χ0) is 21.3. The highest BCUT2D eigenvalue weighted by Crippen LogP contribution is 2.29. The second kappa shape index (κ2) is 8.31. The summed E-state index contributed by atoms with van der Waals surface area (Å²) in [5, 5.41) is 12.6. The average molecular weight is 413 g/mol. The predicted molar refractivity (Wildman–Crippen MR) is 111 cm³/mol. The first-order valence-electron chi connectivity index (χ1n) is 10.0. The van der Waals surface area contributed by atoms with Gasteiger partial charge < -0.3 is 19.7 Å². The van der Waals surface area contributed by atoms with Crippen molar-refractivity contribution in [3.8, 4) is 0 Å². The molecular formula is C22H24FN3O4. The van der Waals surface area contributed by atoms with Crippen LogP contribution in [-0.4, -0.2) is 34.8 Å². The van der Waals surface area contributed by atoms with Crippen LogP contribution >= 0.6 is 0 Å². The van der Waals surface area contributed by atoms with Gasteiger partial charge in [-0.05, 0) is 50.1 Å². The lowest BCUT2D eigenvalue weighted by Gasteiger charge is -2.34. The zero-order valence-corrected chi connectivity index (χ0v) is 16.7. The Kier molecular flexibility index (Phi) is 5.59. The topological polar surface area (TPSA) is 87.7 Å². The minimum Gasteiger partial charge on any atom is -0.408 e. The van der Waals surface area contributed by atoms with Crippen LogP contribution in [0.15, 0.2) is 51.7 Å². The molecule has 2 heterocycles. The molecule has 4 rings (SSSR count). The Morgan fingerprint density at radius 3 is 2.77 bits per heavy atom. The molecule has 1 amide bonds. The first-order chi connectivity index (χ1) is 14.4. The monoisotopic (exact) mass is 413 g/mol. The zero-order valence-electron chi connectivity index (χ0n) is 16.7. The number of nitrogens with zero attached hydrogens (tertiary/aromatic N) is 2. The molecule has 0 bridgehead atoms. The highest BCUT2D eigenvalue weighted by molar-refractivity contribution is 5.80. The number of benzene rings is 2. The van der Waals surface area contributed by atoms with Crippen molar-refractivity contribution in [2.24, 2.45) is 0 Å². The largest absolute Gasteiger partial charge is 0.420 e. The summed E-state index contributed by atoms with van der Waals surface area (Å²) in [5.74, 6) is -1.36. The van der Waals surface area contributed by atoms with E-state index >= 15 is 0 Å². The lowest BCUT2D eigenvalue weighted by atomic mass is 10.0. The van der Waals surface area contributed by atoms with E-state index in [-0.39, 0.29) is 24.4 Å². The number of fused-ring (bicyclic) bond motifs is 1. The van der Waals surface area contributed by atoms with Crippen LogP contribution in [-0.2, 0) is 11.3 Å². The van der Waals surface area contributed by atoms with E-state index in [2.05, 4.69) is 10.2 Å². The van der Waals surface area contributed by atoms with Crippen LogP contribution in [0.4, 0.5) is 10.1 Å². The van der Waals surface area contributed by atoms with Crippen molar-refractivity contribution in [1.29, 1.82) is 0 Å². The highest BCUT2D eigenvalue weighted by atomic mass is 19.1. The molecule has 3 aromatic rings. The summed E-state index contributed by atoms with van der Waals surface area (Å²) in [6.45, 7) is 2.92. The third-order valence-corrected chi connectivity index (χ3v) is 5.51. The summed E-state index contributed by atoms with van der Waals surface area (Å²) < 4.78 is 20.4. The SMILES string of the molecule is CC(NC(=O)Cn1c(=O)oc2ccccc21)c1cc(F)ccc1N1CCC(O)CC1. The van der Waals surface area contributed by atoms with Gasteiger partial charge in [0.1, 0.15) is 12.4 Å². The molecule has 8 heteroatoms. The number of hydrogen-bond acceptors (Lipinski definition) is 5. The van der Waals surface area contributed by atoms with Crippen LogP contribution in [0.3, 0.4) is 0 Å². The van der Waals surface area contributed by atoms with Gasteiger partial charge in [-0.25, -0.2) is 9.18 Å². The highest BCUT2D eigenvalue weighted by Gasteiger charge is 2.23. The molecular weight excluding hydrogens is 389 g/mol. The van der Waals surface area contributed by atoms with Gasteiger partial charge in [0.15, 0.2) is 5.58 Å². The molecule has 1 fully saturated rings. The molecule has 0 saturated carbocycles. The molecule has 7 nitrogen and oxygen atoms in total. The third kappa shape index (κ3) is 4.09. The van der Waals surface area contributed by atoms with Crippen LogP contribution in [0.25, 0.3) is 11.1 Å². The Morgan fingerprint density at radius 2 is 2.00 bits per heavy atom. The molecule has 30 heavy (non-hydrogen) atoms. The number of halogens is 1. The molecule has 0 radical (unpaired) electrons. The van der Waals surface area contributed by atoms with Crippen LogP contribution in [0.1, 0.15) is 31.4 Å². The number of rotatable bonds is 5. The quantitative estimate of drug-likeness (QED) is 0.671. The number of aromatic nitrogens is 1. The first-order valence-corrected chi connectivity index (χ1v) is 10.0. The number of para-hydroxylation sites is 2. The number of carbonyl (C=O) groups is 1. The van der Waals surface area contributed by atoms with Crippen molar-refractivity contribution in [3.63, 3.8) is 0 Å². The second-order valence-electron chi connectivity index (χ2n) is 7.63. The summed E-state index contributed by atoms with van der Waals surface area (Å²) >= 11 is 0. The minimum atomic E-state index is -0.600. The Bertz CT molecular complexity index is 1120. The van der Waals surface area contributed by atoms with E-state index in [9.17, 15) is 19.1 Å². The van der Waals surface area contributed by atoms with Crippen LogP contribution < -0.4 is 16.0 Å². The van der Waals surface area contributed by atoms with E-state index in [1.54, 1.807) is 37.3 Å². The smallest absolute Gasteiger partial charge is 0.408 e. The molecule has 1 aliphatic heterocycles. The van der Waals surface area contributed by atoms with Crippen LogP contribution in [0.5, 0.6) is 0 Å². The third-order valence-electron chi connectivity index (χ3n) is 5.51. The van der Waals surface area contributed by atoms with Crippen molar-refractivity contribution < 1.29 is 18.7 Å². The number of piperidine rings is 1. The van der Waals surface area contributed by atoms with Gasteiger partial charge in [-0.2, -0.15) is 0 Å². The number of amides is 1. The van der Waals surface area contributed by atoms with Crippen LogP contribution in [0, 0.1) is 5.82 Å². The molecule has 1 atom stereocenters. The summed E-state index contributed by atoms with van der Waals surface area (Å²) in [6.07, 6.45) is 0.979. The predicted octanol–water partition coefficient (Wildman–Crippen LogP) is 2.57. The molecule has 1 saturated heterocycles. The molecule has 1 unspecified atom stereocenters. The van der Waals surface area contributed by atoms with Crippen molar-refractivity contribution in [2.45, 2.75) is 38.5 Å². The maximum atomic E-state index is 14.0. The Morgan fingerprint density at radius 1 is 1.27 bits per heavy atom. The number of carbonyl (C=O) groups excluding carboxylic acids is 1. The average Bonchev–Trinajstić information content (AvgIpc) is 3.04.